The molecular formula is C15H25N3O. The maximum Gasteiger partial charge on any atom is 0.142 e. The van der Waals surface area contributed by atoms with E-state index < -0.39 is 0 Å². The third-order valence-electron chi connectivity index (χ3n) is 3.98. The first kappa shape index (κ1) is 14.2. The summed E-state index contributed by atoms with van der Waals surface area (Å²) in [7, 11) is 2.19. The van der Waals surface area contributed by atoms with E-state index in [0.717, 1.165) is 31.9 Å². The highest BCUT2D eigenvalue weighted by Crippen LogP contribution is 2.21. The molecule has 19 heavy (non-hydrogen) atoms. The van der Waals surface area contributed by atoms with Crippen molar-refractivity contribution in [1.82, 2.24) is 9.80 Å². The van der Waals surface area contributed by atoms with Crippen LogP contribution in [-0.2, 0) is 0 Å². The zero-order valence-electron chi connectivity index (χ0n) is 12.2. The minimum Gasteiger partial charge on any atom is -0.490 e. The molecule has 0 atom stereocenters. The number of likely N-dealkylation sites (N-methyl/N-ethyl adjacent to an activating group) is 1. The maximum absolute atomic E-state index is 5.86. The van der Waals surface area contributed by atoms with Gasteiger partial charge in [-0.25, -0.2) is 0 Å². The molecule has 2 N–H and O–H groups in total. The molecule has 1 fully saturated rings. The molecule has 0 radical (unpaired) electrons. The van der Waals surface area contributed by atoms with Crippen LogP contribution in [0.3, 0.4) is 0 Å². The van der Waals surface area contributed by atoms with E-state index in [-0.39, 0.29) is 5.54 Å². The van der Waals surface area contributed by atoms with E-state index in [2.05, 4.69) is 30.7 Å². The molecule has 1 aromatic rings. The lowest BCUT2D eigenvalue weighted by Crippen LogP contribution is -2.58. The summed E-state index contributed by atoms with van der Waals surface area (Å²) in [6.07, 6.45) is 0. The molecule has 106 valence electrons. The van der Waals surface area contributed by atoms with Crippen molar-refractivity contribution < 1.29 is 4.74 Å². The number of hydrogen-bond acceptors (Lipinski definition) is 4. The van der Waals surface area contributed by atoms with Crippen LogP contribution in [0.2, 0.25) is 0 Å². The zero-order chi connectivity index (χ0) is 13.9. The van der Waals surface area contributed by atoms with E-state index in [4.69, 9.17) is 10.5 Å². The topological polar surface area (TPSA) is 41.7 Å². The van der Waals surface area contributed by atoms with Gasteiger partial charge in [0.25, 0.3) is 0 Å². The van der Waals surface area contributed by atoms with E-state index in [1.165, 1.54) is 0 Å². The Morgan fingerprint density at radius 1 is 1.26 bits per heavy atom. The third kappa shape index (κ3) is 3.61. The van der Waals surface area contributed by atoms with Crippen molar-refractivity contribution in [3.05, 3.63) is 24.3 Å². The third-order valence-corrected chi connectivity index (χ3v) is 3.98. The van der Waals surface area contributed by atoms with Crippen LogP contribution in [-0.4, -0.2) is 55.2 Å². The van der Waals surface area contributed by atoms with Gasteiger partial charge in [-0.15, -0.1) is 0 Å². The molecule has 1 heterocycles. The summed E-state index contributed by atoms with van der Waals surface area (Å²) >= 11 is 0. The first-order valence-corrected chi connectivity index (χ1v) is 6.90. The van der Waals surface area contributed by atoms with Crippen LogP contribution in [0.15, 0.2) is 24.3 Å². The Labute approximate surface area is 116 Å². The molecule has 1 saturated heterocycles. The maximum atomic E-state index is 5.86. The molecule has 0 unspecified atom stereocenters. The average molecular weight is 263 g/mol. The van der Waals surface area contributed by atoms with Gasteiger partial charge in [0, 0.05) is 31.7 Å². The number of nitrogens with zero attached hydrogens (tertiary/aromatic N) is 2. The molecule has 0 saturated carbocycles. The average Bonchev–Trinajstić information content (AvgIpc) is 2.36. The largest absolute Gasteiger partial charge is 0.490 e. The summed E-state index contributed by atoms with van der Waals surface area (Å²) in [6.45, 7) is 9.51. The van der Waals surface area contributed by atoms with Gasteiger partial charge in [0.1, 0.15) is 12.4 Å². The van der Waals surface area contributed by atoms with E-state index in [1.54, 1.807) is 0 Å². The number of hydrogen-bond donors (Lipinski definition) is 1. The number of nitrogens with two attached hydrogens (primary N) is 1. The lowest BCUT2D eigenvalue weighted by atomic mass is 10.00. The predicted molar refractivity (Wildman–Crippen MR) is 79.5 cm³/mol. The standard InChI is InChI=1S/C15H25N3O/c1-15(2)12-18(9-8-17(15)3)10-11-19-14-7-5-4-6-13(14)16/h4-7H,8-12,16H2,1-3H3. The fourth-order valence-corrected chi connectivity index (χ4v) is 2.43. The molecule has 4 nitrogen and oxygen atoms in total. The van der Waals surface area contributed by atoms with Crippen LogP contribution in [0, 0.1) is 0 Å². The van der Waals surface area contributed by atoms with Crippen LogP contribution in [0.1, 0.15) is 13.8 Å². The quantitative estimate of drug-likeness (QED) is 0.839. The van der Waals surface area contributed by atoms with Crippen LogP contribution < -0.4 is 10.5 Å². The van der Waals surface area contributed by atoms with Crippen molar-refractivity contribution in [1.29, 1.82) is 0 Å². The Morgan fingerprint density at radius 3 is 2.68 bits per heavy atom. The summed E-state index contributed by atoms with van der Waals surface area (Å²) in [4.78, 5) is 4.87. The van der Waals surface area contributed by atoms with Gasteiger partial charge in [-0.3, -0.25) is 9.80 Å². The molecule has 0 aromatic heterocycles. The molecule has 0 aliphatic carbocycles. The van der Waals surface area contributed by atoms with Crippen molar-refractivity contribution in [3.63, 3.8) is 0 Å². The van der Waals surface area contributed by atoms with Crippen LogP contribution in [0.25, 0.3) is 0 Å². The Hall–Kier alpha value is -1.26. The number of anilines is 1. The smallest absolute Gasteiger partial charge is 0.142 e. The molecule has 0 spiro atoms. The molecule has 0 bridgehead atoms. The van der Waals surface area contributed by atoms with Crippen molar-refractivity contribution in [2.75, 3.05) is 45.6 Å². The second-order valence-electron chi connectivity index (χ2n) is 5.90. The van der Waals surface area contributed by atoms with Crippen molar-refractivity contribution in [2.45, 2.75) is 19.4 Å². The number of benzene rings is 1. The number of piperazine rings is 1. The summed E-state index contributed by atoms with van der Waals surface area (Å²) < 4.78 is 5.75. The summed E-state index contributed by atoms with van der Waals surface area (Å²) in [5, 5.41) is 0. The fraction of sp³-hybridized carbons (Fsp3) is 0.600. The second-order valence-corrected chi connectivity index (χ2v) is 5.90. The molecule has 2 rings (SSSR count). The van der Waals surface area contributed by atoms with E-state index in [0.29, 0.717) is 12.3 Å². The SMILES string of the molecule is CN1CCN(CCOc2ccccc2N)CC1(C)C. The summed E-state index contributed by atoms with van der Waals surface area (Å²) in [5.74, 6) is 0.788. The van der Waals surface area contributed by atoms with Crippen molar-refractivity contribution in [3.8, 4) is 5.75 Å². The Kier molecular flexibility index (Phi) is 4.32. The highest BCUT2D eigenvalue weighted by atomic mass is 16.5. The second kappa shape index (κ2) is 5.80. The van der Waals surface area contributed by atoms with Gasteiger partial charge in [0.05, 0.1) is 5.69 Å². The Balaban J connectivity index is 1.79. The molecule has 0 amide bonds. The van der Waals surface area contributed by atoms with Gasteiger partial charge in [-0.2, -0.15) is 0 Å². The van der Waals surface area contributed by atoms with Gasteiger partial charge in [0.2, 0.25) is 0 Å². The zero-order valence-corrected chi connectivity index (χ0v) is 12.2. The van der Waals surface area contributed by atoms with Crippen molar-refractivity contribution >= 4 is 5.69 Å². The first-order valence-electron chi connectivity index (χ1n) is 6.90. The van der Waals surface area contributed by atoms with E-state index >= 15 is 0 Å². The number of rotatable bonds is 4. The lowest BCUT2D eigenvalue weighted by molar-refractivity contribution is 0.0338. The molecule has 4 heteroatoms. The summed E-state index contributed by atoms with van der Waals surface area (Å²) in [6, 6.07) is 7.66. The van der Waals surface area contributed by atoms with Gasteiger partial charge in [0.15, 0.2) is 0 Å². The van der Waals surface area contributed by atoms with Gasteiger partial charge >= 0.3 is 0 Å². The Bertz CT molecular complexity index is 420. The highest BCUT2D eigenvalue weighted by molar-refractivity contribution is 5.51. The fourth-order valence-electron chi connectivity index (χ4n) is 2.43. The first-order chi connectivity index (χ1) is 8.99. The summed E-state index contributed by atoms with van der Waals surface area (Å²) in [5.41, 5.74) is 6.81. The molecular weight excluding hydrogens is 238 g/mol. The van der Waals surface area contributed by atoms with Crippen LogP contribution in [0.4, 0.5) is 5.69 Å². The molecule has 1 aliphatic rings. The van der Waals surface area contributed by atoms with Crippen molar-refractivity contribution in [2.24, 2.45) is 0 Å². The van der Waals surface area contributed by atoms with E-state index in [1.807, 2.05) is 24.3 Å². The van der Waals surface area contributed by atoms with E-state index in [9.17, 15) is 0 Å². The van der Waals surface area contributed by atoms with Gasteiger partial charge in [-0.05, 0) is 33.0 Å². The monoisotopic (exact) mass is 263 g/mol. The highest BCUT2D eigenvalue weighted by Gasteiger charge is 2.30. The number of nitrogen functional groups attached to an aromatic ring is 1. The molecule has 1 aliphatic heterocycles. The molecule has 1 aromatic carbocycles. The Morgan fingerprint density at radius 2 is 2.00 bits per heavy atom. The lowest BCUT2D eigenvalue weighted by Gasteiger charge is -2.45. The number of ether oxygens (including phenoxy) is 1. The minimum atomic E-state index is 0.240. The minimum absolute atomic E-state index is 0.240. The predicted octanol–water partition coefficient (Wildman–Crippen LogP) is 1.67. The van der Waals surface area contributed by atoms with Gasteiger partial charge < -0.3 is 10.5 Å². The van der Waals surface area contributed by atoms with Crippen LogP contribution >= 0.6 is 0 Å². The normalized spacial score (nSPS) is 20.4. The van der Waals surface area contributed by atoms with Crippen LogP contribution in [0.5, 0.6) is 5.75 Å². The number of para-hydroxylation sites is 2. The van der Waals surface area contributed by atoms with Gasteiger partial charge in [-0.1, -0.05) is 12.1 Å².